The summed E-state index contributed by atoms with van der Waals surface area (Å²) in [6.07, 6.45) is 13.2. The number of hydrogen-bond acceptors (Lipinski definition) is 5. The van der Waals surface area contributed by atoms with Gasteiger partial charge in [-0.2, -0.15) is 5.10 Å². The molecule has 2 heterocycles. The van der Waals surface area contributed by atoms with Crippen LogP contribution in [-0.2, 0) is 27.9 Å². The van der Waals surface area contributed by atoms with Crippen LogP contribution in [0.2, 0.25) is 5.02 Å². The van der Waals surface area contributed by atoms with Crippen molar-refractivity contribution in [3.63, 3.8) is 0 Å². The minimum atomic E-state index is -0.451. The summed E-state index contributed by atoms with van der Waals surface area (Å²) < 4.78 is 6.48. The summed E-state index contributed by atoms with van der Waals surface area (Å²) in [4.78, 5) is 31.7. The topological polar surface area (TPSA) is 77.3 Å². The summed E-state index contributed by atoms with van der Waals surface area (Å²) in [5, 5.41) is 7.89. The molecule has 1 fully saturated rings. The van der Waals surface area contributed by atoms with Crippen LogP contribution >= 0.6 is 11.6 Å². The van der Waals surface area contributed by atoms with E-state index in [4.69, 9.17) is 16.3 Å². The fourth-order valence-electron chi connectivity index (χ4n) is 5.21. The van der Waals surface area contributed by atoms with E-state index in [1.54, 1.807) is 23.2 Å². The predicted molar refractivity (Wildman–Crippen MR) is 146 cm³/mol. The number of anilines is 1. The molecule has 1 aliphatic rings. The first-order valence-corrected chi connectivity index (χ1v) is 12.9. The average Bonchev–Trinajstić information content (AvgIpc) is 3.31. The Morgan fingerprint density at radius 1 is 1.14 bits per heavy atom. The molecule has 0 radical (unpaired) electrons. The Morgan fingerprint density at radius 3 is 2.73 bits per heavy atom. The molecule has 4 aromatic rings. The molecule has 1 saturated carbocycles. The third kappa shape index (κ3) is 5.09. The largest absolute Gasteiger partial charge is 0.466 e. The first-order chi connectivity index (χ1) is 18.0. The van der Waals surface area contributed by atoms with Gasteiger partial charge in [-0.15, -0.1) is 0 Å². The van der Waals surface area contributed by atoms with Crippen molar-refractivity contribution in [1.82, 2.24) is 14.8 Å². The molecule has 7 nitrogen and oxygen atoms in total. The van der Waals surface area contributed by atoms with Crippen molar-refractivity contribution in [2.24, 2.45) is 13.0 Å². The molecule has 190 valence electrons. The van der Waals surface area contributed by atoms with E-state index in [1.807, 2.05) is 42.4 Å². The van der Waals surface area contributed by atoms with Crippen LogP contribution in [0, 0.1) is 5.92 Å². The van der Waals surface area contributed by atoms with Crippen molar-refractivity contribution in [3.05, 3.63) is 71.1 Å². The van der Waals surface area contributed by atoms with Gasteiger partial charge in [0.2, 0.25) is 5.91 Å². The van der Waals surface area contributed by atoms with Gasteiger partial charge in [0.15, 0.2) is 0 Å². The van der Waals surface area contributed by atoms with E-state index in [9.17, 15) is 9.59 Å². The number of carbonyl (C=O) groups is 2. The minimum Gasteiger partial charge on any atom is -0.466 e. The van der Waals surface area contributed by atoms with Crippen molar-refractivity contribution in [1.29, 1.82) is 0 Å². The molecule has 37 heavy (non-hydrogen) atoms. The molecule has 0 unspecified atom stereocenters. The molecule has 0 atom stereocenters. The number of aryl methyl sites for hydroxylation is 1. The number of esters is 1. The Kier molecular flexibility index (Phi) is 7.24. The summed E-state index contributed by atoms with van der Waals surface area (Å²) in [6.45, 7) is 0.349. The monoisotopic (exact) mass is 516 g/mol. The number of amides is 1. The normalized spacial score (nSPS) is 14.5. The van der Waals surface area contributed by atoms with Crippen LogP contribution in [0.15, 0.2) is 55.0 Å². The van der Waals surface area contributed by atoms with E-state index >= 15 is 0 Å². The zero-order valence-electron chi connectivity index (χ0n) is 21.0. The third-order valence-corrected chi connectivity index (χ3v) is 7.48. The van der Waals surface area contributed by atoms with E-state index in [1.165, 1.54) is 19.6 Å². The van der Waals surface area contributed by atoms with Gasteiger partial charge in [-0.25, -0.2) is 4.79 Å². The number of methoxy groups -OCH3 is 1. The van der Waals surface area contributed by atoms with Crippen molar-refractivity contribution < 1.29 is 14.3 Å². The maximum atomic E-state index is 13.9. The average molecular weight is 517 g/mol. The standard InChI is InChI=1S/C29H29ClN4O3/c1-33-28-23(16-32-33)14-21-9-6-10-22(26(21)27(28)30)18-34(29(36)20-7-4-3-5-8-20)24-13-19(15-31-17-24)11-12-25(35)37-2/h6,9-17,20H,3-5,7-8,18H2,1-2H3. The molecule has 0 bridgehead atoms. The van der Waals surface area contributed by atoms with E-state index in [0.717, 1.165) is 52.9 Å². The molecule has 2 aromatic carbocycles. The fraction of sp³-hybridized carbons (Fsp3) is 0.310. The molecule has 8 heteroatoms. The van der Waals surface area contributed by atoms with Crippen LogP contribution in [0.5, 0.6) is 0 Å². The minimum absolute atomic E-state index is 0.0303. The highest BCUT2D eigenvalue weighted by Crippen LogP contribution is 2.36. The van der Waals surface area contributed by atoms with Gasteiger partial charge in [0.25, 0.3) is 0 Å². The van der Waals surface area contributed by atoms with Crippen LogP contribution in [0.25, 0.3) is 27.8 Å². The number of rotatable bonds is 6. The molecule has 0 saturated heterocycles. The van der Waals surface area contributed by atoms with Gasteiger partial charge in [-0.1, -0.05) is 49.1 Å². The lowest BCUT2D eigenvalue weighted by atomic mass is 9.88. The summed E-state index contributed by atoms with van der Waals surface area (Å²) in [5.74, 6) is -0.394. The maximum Gasteiger partial charge on any atom is 0.330 e. The van der Waals surface area contributed by atoms with Crippen LogP contribution in [0.3, 0.4) is 0 Å². The smallest absolute Gasteiger partial charge is 0.330 e. The van der Waals surface area contributed by atoms with Crippen LogP contribution in [0.4, 0.5) is 5.69 Å². The fourth-order valence-corrected chi connectivity index (χ4v) is 5.67. The molecule has 0 aliphatic heterocycles. The molecular formula is C29H29ClN4O3. The van der Waals surface area contributed by atoms with Crippen LogP contribution < -0.4 is 4.90 Å². The van der Waals surface area contributed by atoms with Crippen molar-refractivity contribution >= 4 is 56.9 Å². The Labute approximate surface area is 220 Å². The molecular weight excluding hydrogens is 488 g/mol. The Morgan fingerprint density at radius 2 is 1.95 bits per heavy atom. The number of benzene rings is 2. The number of aromatic nitrogens is 3. The number of halogens is 1. The van der Waals surface area contributed by atoms with Crippen LogP contribution in [-0.4, -0.2) is 33.8 Å². The second kappa shape index (κ2) is 10.7. The summed E-state index contributed by atoms with van der Waals surface area (Å²) in [7, 11) is 3.21. The van der Waals surface area contributed by atoms with Gasteiger partial charge >= 0.3 is 5.97 Å². The van der Waals surface area contributed by atoms with Crippen molar-refractivity contribution in [3.8, 4) is 0 Å². The Balaban J connectivity index is 1.59. The Bertz CT molecular complexity index is 1500. The van der Waals surface area contributed by atoms with Gasteiger partial charge in [0, 0.05) is 36.0 Å². The van der Waals surface area contributed by atoms with Crippen molar-refractivity contribution in [2.75, 3.05) is 12.0 Å². The van der Waals surface area contributed by atoms with Gasteiger partial charge < -0.3 is 9.64 Å². The number of pyridine rings is 1. The van der Waals surface area contributed by atoms with Crippen molar-refractivity contribution in [2.45, 2.75) is 38.6 Å². The molecule has 1 amide bonds. The Hall–Kier alpha value is -3.71. The van der Waals surface area contributed by atoms with Gasteiger partial charge in [-0.3, -0.25) is 14.5 Å². The van der Waals surface area contributed by atoms with E-state index in [-0.39, 0.29) is 11.8 Å². The van der Waals surface area contributed by atoms with Gasteiger partial charge in [0.1, 0.15) is 0 Å². The molecule has 1 aliphatic carbocycles. The second-order valence-corrected chi connectivity index (χ2v) is 9.88. The van der Waals surface area contributed by atoms with Gasteiger partial charge in [0.05, 0.1) is 42.3 Å². The van der Waals surface area contributed by atoms with E-state index in [2.05, 4.69) is 16.1 Å². The number of fused-ring (bicyclic) bond motifs is 2. The highest BCUT2D eigenvalue weighted by Gasteiger charge is 2.28. The van der Waals surface area contributed by atoms with E-state index < -0.39 is 5.97 Å². The lowest BCUT2D eigenvalue weighted by Gasteiger charge is -2.30. The second-order valence-electron chi connectivity index (χ2n) is 9.50. The molecule has 5 rings (SSSR count). The highest BCUT2D eigenvalue weighted by atomic mass is 35.5. The lowest BCUT2D eigenvalue weighted by Crippen LogP contribution is -2.37. The predicted octanol–water partition coefficient (Wildman–Crippen LogP) is 6.07. The first-order valence-electron chi connectivity index (χ1n) is 12.5. The zero-order chi connectivity index (χ0) is 25.9. The number of ether oxygens (including phenoxy) is 1. The lowest BCUT2D eigenvalue weighted by molar-refractivity contribution is -0.134. The summed E-state index contributed by atoms with van der Waals surface area (Å²) in [5.41, 5.74) is 3.20. The van der Waals surface area contributed by atoms with Gasteiger partial charge in [-0.05, 0) is 47.6 Å². The number of nitrogens with zero attached hydrogens (tertiary/aromatic N) is 4. The van der Waals surface area contributed by atoms with E-state index in [0.29, 0.717) is 22.8 Å². The molecule has 0 spiro atoms. The summed E-state index contributed by atoms with van der Waals surface area (Å²) >= 11 is 6.96. The molecule has 0 N–H and O–H groups in total. The third-order valence-electron chi connectivity index (χ3n) is 7.11. The zero-order valence-corrected chi connectivity index (χ0v) is 21.7. The van der Waals surface area contributed by atoms with Crippen LogP contribution in [0.1, 0.15) is 43.2 Å². The number of hydrogen-bond donors (Lipinski definition) is 0. The highest BCUT2D eigenvalue weighted by molar-refractivity contribution is 6.40. The molecule has 2 aromatic heterocycles. The number of carbonyl (C=O) groups excluding carboxylic acids is 2. The first kappa shape index (κ1) is 25.0. The quantitative estimate of drug-likeness (QED) is 0.229. The maximum absolute atomic E-state index is 13.9. The summed E-state index contributed by atoms with van der Waals surface area (Å²) in [6, 6.07) is 10.0. The SMILES string of the molecule is COC(=O)C=Cc1cncc(N(Cc2cccc3cc4cnn(C)c4c(Cl)c23)C(=O)C2CCCCC2)c1.